The number of nitrogens with zero attached hydrogens (tertiary/aromatic N) is 5. The average molecular weight is 328 g/mol. The van der Waals surface area contributed by atoms with Gasteiger partial charge >= 0.3 is 6.03 Å². The van der Waals surface area contributed by atoms with E-state index in [1.54, 1.807) is 17.1 Å². The molecule has 2 aromatic rings. The fourth-order valence-corrected chi connectivity index (χ4v) is 2.89. The van der Waals surface area contributed by atoms with Gasteiger partial charge in [-0.3, -0.25) is 14.6 Å². The fourth-order valence-electron chi connectivity index (χ4n) is 2.89. The summed E-state index contributed by atoms with van der Waals surface area (Å²) in [7, 11) is 0. The second kappa shape index (κ2) is 7.92. The van der Waals surface area contributed by atoms with Crippen molar-refractivity contribution in [3.8, 4) is 0 Å². The zero-order chi connectivity index (χ0) is 16.8. The minimum absolute atomic E-state index is 0.0473. The lowest BCUT2D eigenvalue weighted by Gasteiger charge is -2.22. The van der Waals surface area contributed by atoms with E-state index in [-0.39, 0.29) is 6.03 Å². The number of hydrogen-bond donors (Lipinski definition) is 1. The highest BCUT2D eigenvalue weighted by atomic mass is 16.2. The van der Waals surface area contributed by atoms with Gasteiger partial charge in [0.15, 0.2) is 0 Å². The Morgan fingerprint density at radius 3 is 2.92 bits per heavy atom. The summed E-state index contributed by atoms with van der Waals surface area (Å²) in [5.74, 6) is 0. The van der Waals surface area contributed by atoms with Gasteiger partial charge in [0.2, 0.25) is 0 Å². The van der Waals surface area contributed by atoms with Gasteiger partial charge in [-0.2, -0.15) is 5.10 Å². The van der Waals surface area contributed by atoms with E-state index in [0.717, 1.165) is 51.4 Å². The highest BCUT2D eigenvalue weighted by molar-refractivity contribution is 5.89. The number of aromatic nitrogens is 3. The molecule has 0 aromatic carbocycles. The Bertz CT molecular complexity index is 656. The van der Waals surface area contributed by atoms with Crippen molar-refractivity contribution >= 4 is 11.7 Å². The molecule has 0 aliphatic carbocycles. The van der Waals surface area contributed by atoms with Crippen molar-refractivity contribution in [2.24, 2.45) is 0 Å². The van der Waals surface area contributed by atoms with Crippen molar-refractivity contribution < 1.29 is 4.79 Å². The molecular weight excluding hydrogens is 304 g/mol. The second-order valence-electron chi connectivity index (χ2n) is 5.99. The van der Waals surface area contributed by atoms with Crippen molar-refractivity contribution in [2.45, 2.75) is 26.4 Å². The number of aryl methyl sites for hydroxylation is 1. The molecule has 2 aromatic heterocycles. The second-order valence-corrected chi connectivity index (χ2v) is 5.99. The van der Waals surface area contributed by atoms with E-state index < -0.39 is 0 Å². The molecule has 1 saturated heterocycles. The minimum Gasteiger partial charge on any atom is -0.323 e. The van der Waals surface area contributed by atoms with E-state index in [1.165, 1.54) is 5.56 Å². The maximum absolute atomic E-state index is 12.4. The molecular formula is C17H24N6O. The summed E-state index contributed by atoms with van der Waals surface area (Å²) in [5.41, 5.74) is 1.96. The van der Waals surface area contributed by atoms with Gasteiger partial charge in [-0.05, 0) is 25.0 Å². The van der Waals surface area contributed by atoms with Crippen molar-refractivity contribution in [2.75, 3.05) is 31.5 Å². The molecule has 3 heterocycles. The Morgan fingerprint density at radius 2 is 2.17 bits per heavy atom. The first-order chi connectivity index (χ1) is 11.7. The molecule has 0 radical (unpaired) electrons. The number of hydrogen-bond acceptors (Lipinski definition) is 4. The number of rotatable bonds is 4. The number of carbonyl (C=O) groups excluding carboxylic acids is 1. The molecule has 128 valence electrons. The summed E-state index contributed by atoms with van der Waals surface area (Å²) in [4.78, 5) is 20.9. The monoisotopic (exact) mass is 328 g/mol. The SMILES string of the molecule is CCn1cc(NC(=O)N2CCCN(Cc3cccnc3)CC2)cn1. The summed E-state index contributed by atoms with van der Waals surface area (Å²) in [5, 5.41) is 7.11. The minimum atomic E-state index is -0.0473. The molecule has 1 aliphatic rings. The third-order valence-corrected chi connectivity index (χ3v) is 4.21. The predicted molar refractivity (Wildman–Crippen MR) is 92.6 cm³/mol. The largest absolute Gasteiger partial charge is 0.323 e. The molecule has 7 heteroatoms. The van der Waals surface area contributed by atoms with E-state index in [9.17, 15) is 4.79 Å². The third kappa shape index (κ3) is 4.32. The highest BCUT2D eigenvalue weighted by Gasteiger charge is 2.19. The standard InChI is InChI=1S/C17H24N6O/c1-2-23-14-16(12-19-23)20-17(24)22-8-4-7-21(9-10-22)13-15-5-3-6-18-11-15/h3,5-6,11-12,14H,2,4,7-10,13H2,1H3,(H,20,24). The van der Waals surface area contributed by atoms with Crippen molar-refractivity contribution in [1.29, 1.82) is 0 Å². The first-order valence-electron chi connectivity index (χ1n) is 8.44. The Kier molecular flexibility index (Phi) is 5.43. The van der Waals surface area contributed by atoms with Gasteiger partial charge in [-0.1, -0.05) is 6.07 Å². The van der Waals surface area contributed by atoms with Crippen molar-refractivity contribution in [1.82, 2.24) is 24.6 Å². The lowest BCUT2D eigenvalue weighted by atomic mass is 10.2. The van der Waals surface area contributed by atoms with Crippen LogP contribution < -0.4 is 5.32 Å². The molecule has 7 nitrogen and oxygen atoms in total. The summed E-state index contributed by atoms with van der Waals surface area (Å²) < 4.78 is 1.80. The highest BCUT2D eigenvalue weighted by Crippen LogP contribution is 2.11. The van der Waals surface area contributed by atoms with Gasteiger partial charge in [0.1, 0.15) is 0 Å². The number of carbonyl (C=O) groups is 1. The molecule has 1 N–H and O–H groups in total. The zero-order valence-electron chi connectivity index (χ0n) is 14.1. The number of pyridine rings is 1. The van der Waals surface area contributed by atoms with Gasteiger partial charge in [-0.25, -0.2) is 4.79 Å². The molecule has 0 bridgehead atoms. The molecule has 0 unspecified atom stereocenters. The number of urea groups is 1. The van der Waals surface area contributed by atoms with Gasteiger partial charge in [0.25, 0.3) is 0 Å². The molecule has 24 heavy (non-hydrogen) atoms. The smallest absolute Gasteiger partial charge is 0.321 e. The molecule has 1 aliphatic heterocycles. The lowest BCUT2D eigenvalue weighted by molar-refractivity contribution is 0.211. The van der Waals surface area contributed by atoms with Gasteiger partial charge in [0.05, 0.1) is 11.9 Å². The summed E-state index contributed by atoms with van der Waals surface area (Å²) >= 11 is 0. The van der Waals surface area contributed by atoms with Crippen LogP contribution in [0.1, 0.15) is 18.9 Å². The van der Waals surface area contributed by atoms with Crippen molar-refractivity contribution in [3.63, 3.8) is 0 Å². The van der Waals surface area contributed by atoms with Crippen LogP contribution >= 0.6 is 0 Å². The lowest BCUT2D eigenvalue weighted by Crippen LogP contribution is -2.37. The van der Waals surface area contributed by atoms with E-state index in [0.29, 0.717) is 0 Å². The third-order valence-electron chi connectivity index (χ3n) is 4.21. The van der Waals surface area contributed by atoms with Gasteiger partial charge in [0, 0.05) is 57.9 Å². The fraction of sp³-hybridized carbons (Fsp3) is 0.471. The maximum atomic E-state index is 12.4. The Hall–Kier alpha value is -2.41. The molecule has 2 amide bonds. The van der Waals surface area contributed by atoms with Crippen LogP contribution in [-0.2, 0) is 13.1 Å². The average Bonchev–Trinajstić information content (AvgIpc) is 2.92. The van der Waals surface area contributed by atoms with E-state index in [2.05, 4.69) is 26.4 Å². The molecule has 0 saturated carbocycles. The van der Waals surface area contributed by atoms with E-state index >= 15 is 0 Å². The quantitative estimate of drug-likeness (QED) is 0.933. The van der Waals surface area contributed by atoms with Crippen LogP contribution in [0, 0.1) is 0 Å². The van der Waals surface area contributed by atoms with Crippen LogP contribution in [0.25, 0.3) is 0 Å². The Morgan fingerprint density at radius 1 is 1.25 bits per heavy atom. The first kappa shape index (κ1) is 16.4. The summed E-state index contributed by atoms with van der Waals surface area (Å²) in [6, 6.07) is 4.01. The van der Waals surface area contributed by atoms with Crippen LogP contribution in [0.4, 0.5) is 10.5 Å². The van der Waals surface area contributed by atoms with E-state index in [4.69, 9.17) is 0 Å². The number of amides is 2. The molecule has 0 atom stereocenters. The first-order valence-corrected chi connectivity index (χ1v) is 8.44. The maximum Gasteiger partial charge on any atom is 0.321 e. The zero-order valence-corrected chi connectivity index (χ0v) is 14.1. The van der Waals surface area contributed by atoms with E-state index in [1.807, 2.05) is 30.3 Å². The summed E-state index contributed by atoms with van der Waals surface area (Å²) in [6.45, 7) is 7.06. The number of anilines is 1. The Labute approximate surface area is 142 Å². The van der Waals surface area contributed by atoms with Crippen LogP contribution in [0.15, 0.2) is 36.9 Å². The van der Waals surface area contributed by atoms with Crippen LogP contribution in [0.3, 0.4) is 0 Å². The van der Waals surface area contributed by atoms with Gasteiger partial charge < -0.3 is 10.2 Å². The predicted octanol–water partition coefficient (Wildman–Crippen LogP) is 2.04. The summed E-state index contributed by atoms with van der Waals surface area (Å²) in [6.07, 6.45) is 8.21. The van der Waals surface area contributed by atoms with Gasteiger partial charge in [-0.15, -0.1) is 0 Å². The number of nitrogens with one attached hydrogen (secondary N) is 1. The molecule has 0 spiro atoms. The van der Waals surface area contributed by atoms with Crippen LogP contribution in [0.5, 0.6) is 0 Å². The Balaban J connectivity index is 1.52. The molecule has 3 rings (SSSR count). The topological polar surface area (TPSA) is 66.3 Å². The normalized spacial score (nSPS) is 16.0. The van der Waals surface area contributed by atoms with Crippen LogP contribution in [-0.4, -0.2) is 56.8 Å². The van der Waals surface area contributed by atoms with Crippen LogP contribution in [0.2, 0.25) is 0 Å². The molecule has 1 fully saturated rings. The van der Waals surface area contributed by atoms with Crippen molar-refractivity contribution in [3.05, 3.63) is 42.5 Å².